The Labute approximate surface area is 114 Å². The molecule has 0 atom stereocenters. The number of hydrogen-bond donors (Lipinski definition) is 2. The van der Waals surface area contributed by atoms with Crippen LogP contribution < -0.4 is 14.8 Å². The van der Waals surface area contributed by atoms with Gasteiger partial charge in [0.05, 0.1) is 5.51 Å². The molecule has 0 spiro atoms. The maximum absolute atomic E-state index is 12.9. The van der Waals surface area contributed by atoms with Gasteiger partial charge in [-0.1, -0.05) is 0 Å². The molecule has 2 heterocycles. The van der Waals surface area contributed by atoms with E-state index in [9.17, 15) is 13.6 Å². The molecule has 1 aliphatic rings. The van der Waals surface area contributed by atoms with Gasteiger partial charge in [0.15, 0.2) is 17.2 Å². The minimum Gasteiger partial charge on any atom is -0.476 e. The van der Waals surface area contributed by atoms with Gasteiger partial charge in [-0.05, 0) is 12.1 Å². The third-order valence-electron chi connectivity index (χ3n) is 2.43. The van der Waals surface area contributed by atoms with E-state index in [4.69, 9.17) is 5.11 Å². The second-order valence-corrected chi connectivity index (χ2v) is 4.64. The molecule has 0 bridgehead atoms. The number of ether oxygens (including phenoxy) is 2. The van der Waals surface area contributed by atoms with Gasteiger partial charge >= 0.3 is 12.3 Å². The van der Waals surface area contributed by atoms with Gasteiger partial charge < -0.3 is 19.9 Å². The summed E-state index contributed by atoms with van der Waals surface area (Å²) in [5, 5.41) is 12.0. The maximum Gasteiger partial charge on any atom is 0.586 e. The van der Waals surface area contributed by atoms with Crippen LogP contribution in [-0.4, -0.2) is 22.4 Å². The van der Waals surface area contributed by atoms with Crippen LogP contribution in [0.5, 0.6) is 11.5 Å². The predicted molar refractivity (Wildman–Crippen MR) is 65.0 cm³/mol. The van der Waals surface area contributed by atoms with Crippen LogP contribution in [0.25, 0.3) is 0 Å². The SMILES string of the molecule is O=C(O)c1ncsc1Nc1ccc2c(c1)OC(F)(F)O2. The number of aromatic nitrogens is 1. The first-order valence-electron chi connectivity index (χ1n) is 5.28. The number of nitrogens with one attached hydrogen (secondary N) is 1. The molecule has 2 aromatic rings. The second-order valence-electron chi connectivity index (χ2n) is 3.79. The van der Waals surface area contributed by atoms with Crippen LogP contribution in [0.15, 0.2) is 23.7 Å². The molecule has 20 heavy (non-hydrogen) atoms. The number of rotatable bonds is 3. The number of alkyl halides is 2. The summed E-state index contributed by atoms with van der Waals surface area (Å²) in [6, 6.07) is 4.07. The lowest BCUT2D eigenvalue weighted by Crippen LogP contribution is -2.25. The van der Waals surface area contributed by atoms with Gasteiger partial charge in [0.25, 0.3) is 0 Å². The molecule has 0 unspecified atom stereocenters. The average Bonchev–Trinajstić information content (AvgIpc) is 2.91. The Morgan fingerprint density at radius 1 is 1.35 bits per heavy atom. The summed E-state index contributed by atoms with van der Waals surface area (Å²) in [6.07, 6.45) is -3.68. The van der Waals surface area contributed by atoms with E-state index < -0.39 is 12.3 Å². The zero-order valence-corrected chi connectivity index (χ0v) is 10.4. The summed E-state index contributed by atoms with van der Waals surface area (Å²) < 4.78 is 34.3. The molecular formula is C11H6F2N2O4S. The molecule has 9 heteroatoms. The van der Waals surface area contributed by atoms with E-state index in [1.54, 1.807) is 0 Å². The molecule has 1 aromatic carbocycles. The number of nitrogens with zero attached hydrogens (tertiary/aromatic N) is 1. The van der Waals surface area contributed by atoms with Crippen LogP contribution >= 0.6 is 11.3 Å². The summed E-state index contributed by atoms with van der Waals surface area (Å²) >= 11 is 1.08. The Hall–Kier alpha value is -2.42. The summed E-state index contributed by atoms with van der Waals surface area (Å²) in [5.41, 5.74) is 1.61. The van der Waals surface area contributed by atoms with Crippen molar-refractivity contribution in [2.75, 3.05) is 5.32 Å². The monoisotopic (exact) mass is 300 g/mol. The van der Waals surface area contributed by atoms with Crippen molar-refractivity contribution in [2.24, 2.45) is 0 Å². The number of benzene rings is 1. The molecule has 6 nitrogen and oxygen atoms in total. The van der Waals surface area contributed by atoms with Crippen molar-refractivity contribution in [2.45, 2.75) is 6.29 Å². The molecule has 0 amide bonds. The standard InChI is InChI=1S/C11H6F2N2O4S/c12-11(13)18-6-2-1-5(3-7(6)19-11)15-9-8(10(16)17)14-4-20-9/h1-4,15H,(H,16,17). The zero-order valence-electron chi connectivity index (χ0n) is 9.59. The number of carboxylic acids is 1. The van der Waals surface area contributed by atoms with Gasteiger partial charge in [-0.25, -0.2) is 9.78 Å². The van der Waals surface area contributed by atoms with Gasteiger partial charge in [0, 0.05) is 11.8 Å². The molecule has 0 radical (unpaired) electrons. The topological polar surface area (TPSA) is 80.7 Å². The van der Waals surface area contributed by atoms with Crippen LogP contribution in [0.1, 0.15) is 10.5 Å². The third-order valence-corrected chi connectivity index (χ3v) is 3.17. The molecule has 0 saturated heterocycles. The summed E-state index contributed by atoms with van der Waals surface area (Å²) in [4.78, 5) is 14.6. The van der Waals surface area contributed by atoms with E-state index in [1.807, 2.05) is 0 Å². The van der Waals surface area contributed by atoms with Crippen molar-refractivity contribution >= 4 is 28.0 Å². The van der Waals surface area contributed by atoms with E-state index in [1.165, 1.54) is 23.7 Å². The van der Waals surface area contributed by atoms with Crippen molar-refractivity contribution < 1.29 is 28.2 Å². The van der Waals surface area contributed by atoms with Crippen LogP contribution in [0, 0.1) is 0 Å². The number of carboxylic acid groups (broad SMARTS) is 1. The largest absolute Gasteiger partial charge is 0.586 e. The van der Waals surface area contributed by atoms with Crippen LogP contribution in [0.4, 0.5) is 19.5 Å². The van der Waals surface area contributed by atoms with Crippen molar-refractivity contribution in [3.63, 3.8) is 0 Å². The Balaban J connectivity index is 1.87. The highest BCUT2D eigenvalue weighted by Crippen LogP contribution is 2.42. The lowest BCUT2D eigenvalue weighted by Gasteiger charge is -2.05. The molecule has 1 aromatic heterocycles. The summed E-state index contributed by atoms with van der Waals surface area (Å²) in [7, 11) is 0. The first kappa shape index (κ1) is 12.6. The number of anilines is 2. The molecule has 104 valence electrons. The van der Waals surface area contributed by atoms with Crippen molar-refractivity contribution in [3.05, 3.63) is 29.4 Å². The Morgan fingerprint density at radius 2 is 2.10 bits per heavy atom. The van der Waals surface area contributed by atoms with Crippen LogP contribution in [-0.2, 0) is 0 Å². The Morgan fingerprint density at radius 3 is 2.85 bits per heavy atom. The minimum absolute atomic E-state index is 0.0803. The molecule has 0 aliphatic carbocycles. The van der Waals surface area contributed by atoms with Crippen molar-refractivity contribution in [1.82, 2.24) is 4.98 Å². The highest BCUT2D eigenvalue weighted by Gasteiger charge is 2.43. The number of thiazole rings is 1. The number of fused-ring (bicyclic) bond motifs is 1. The molecule has 0 fully saturated rings. The average molecular weight is 300 g/mol. The highest BCUT2D eigenvalue weighted by molar-refractivity contribution is 7.14. The first-order chi connectivity index (χ1) is 9.44. The third kappa shape index (κ3) is 2.23. The number of halogens is 2. The van der Waals surface area contributed by atoms with E-state index in [-0.39, 0.29) is 17.2 Å². The van der Waals surface area contributed by atoms with Crippen molar-refractivity contribution in [3.8, 4) is 11.5 Å². The molecule has 1 aliphatic heterocycles. The lowest BCUT2D eigenvalue weighted by molar-refractivity contribution is -0.286. The predicted octanol–water partition coefficient (Wildman–Crippen LogP) is 2.91. The molecule has 0 saturated carbocycles. The fraction of sp³-hybridized carbons (Fsp3) is 0.0909. The van der Waals surface area contributed by atoms with Gasteiger partial charge in [0.2, 0.25) is 0 Å². The smallest absolute Gasteiger partial charge is 0.476 e. The Bertz CT molecular complexity index is 689. The number of aromatic carboxylic acids is 1. The minimum atomic E-state index is -3.68. The van der Waals surface area contributed by atoms with Gasteiger partial charge in [0.1, 0.15) is 5.00 Å². The van der Waals surface area contributed by atoms with E-state index in [0.717, 1.165) is 11.3 Å². The van der Waals surface area contributed by atoms with Gasteiger partial charge in [-0.3, -0.25) is 0 Å². The first-order valence-corrected chi connectivity index (χ1v) is 6.16. The molecule has 3 rings (SSSR count). The van der Waals surface area contributed by atoms with E-state index >= 15 is 0 Å². The second kappa shape index (κ2) is 4.30. The maximum atomic E-state index is 12.9. The highest BCUT2D eigenvalue weighted by atomic mass is 32.1. The fourth-order valence-electron chi connectivity index (χ4n) is 1.65. The fourth-order valence-corrected chi connectivity index (χ4v) is 2.34. The van der Waals surface area contributed by atoms with Crippen LogP contribution in [0.3, 0.4) is 0 Å². The van der Waals surface area contributed by atoms with E-state index in [0.29, 0.717) is 10.7 Å². The zero-order chi connectivity index (χ0) is 14.3. The van der Waals surface area contributed by atoms with Crippen LogP contribution in [0.2, 0.25) is 0 Å². The number of carbonyl (C=O) groups is 1. The quantitative estimate of drug-likeness (QED) is 0.907. The normalized spacial score (nSPS) is 15.1. The number of hydrogen-bond acceptors (Lipinski definition) is 6. The Kier molecular flexibility index (Phi) is 2.71. The lowest BCUT2D eigenvalue weighted by atomic mass is 10.3. The van der Waals surface area contributed by atoms with Gasteiger partial charge in [-0.15, -0.1) is 20.1 Å². The molecule has 2 N–H and O–H groups in total. The molecular weight excluding hydrogens is 294 g/mol. The summed E-state index contributed by atoms with van der Waals surface area (Å²) in [5.74, 6) is -1.38. The van der Waals surface area contributed by atoms with Gasteiger partial charge in [-0.2, -0.15) is 0 Å². The van der Waals surface area contributed by atoms with Crippen molar-refractivity contribution in [1.29, 1.82) is 0 Å². The summed E-state index contributed by atoms with van der Waals surface area (Å²) in [6.45, 7) is 0. The van der Waals surface area contributed by atoms with E-state index in [2.05, 4.69) is 19.8 Å².